The quantitative estimate of drug-likeness (QED) is 0.264. The third-order valence-electron chi connectivity index (χ3n) is 4.45. The SMILES string of the molecule is CN(C(=O)C1(C(N)=NO)CC1)C1CCCCCC1. The fourth-order valence-corrected chi connectivity index (χ4v) is 2.95. The Hall–Kier alpha value is -1.26. The Labute approximate surface area is 108 Å². The molecule has 2 aliphatic rings. The molecule has 2 rings (SSSR count). The van der Waals surface area contributed by atoms with E-state index in [0.29, 0.717) is 18.9 Å². The summed E-state index contributed by atoms with van der Waals surface area (Å²) in [4.78, 5) is 14.3. The normalized spacial score (nSPS) is 24.4. The van der Waals surface area contributed by atoms with Crippen molar-refractivity contribution in [2.24, 2.45) is 16.3 Å². The van der Waals surface area contributed by atoms with Crippen LogP contribution in [-0.4, -0.2) is 34.9 Å². The van der Waals surface area contributed by atoms with Crippen molar-refractivity contribution in [1.29, 1.82) is 0 Å². The maximum absolute atomic E-state index is 12.5. The molecular formula is C13H23N3O2. The number of oxime groups is 1. The molecular weight excluding hydrogens is 230 g/mol. The number of amides is 1. The van der Waals surface area contributed by atoms with Crippen LogP contribution in [0.25, 0.3) is 0 Å². The fraction of sp³-hybridized carbons (Fsp3) is 0.846. The number of amidine groups is 1. The molecule has 0 radical (unpaired) electrons. The summed E-state index contributed by atoms with van der Waals surface area (Å²) in [6.45, 7) is 0. The van der Waals surface area contributed by atoms with Crippen molar-refractivity contribution in [1.82, 2.24) is 4.90 Å². The molecule has 0 unspecified atom stereocenters. The van der Waals surface area contributed by atoms with Crippen LogP contribution in [0.3, 0.4) is 0 Å². The summed E-state index contributed by atoms with van der Waals surface area (Å²) in [5, 5.41) is 11.8. The first-order valence-corrected chi connectivity index (χ1v) is 6.87. The van der Waals surface area contributed by atoms with Crippen LogP contribution >= 0.6 is 0 Å². The van der Waals surface area contributed by atoms with Crippen LogP contribution in [0.2, 0.25) is 0 Å². The van der Waals surface area contributed by atoms with Crippen LogP contribution < -0.4 is 5.73 Å². The Morgan fingerprint density at radius 3 is 2.28 bits per heavy atom. The Bertz CT molecular complexity index is 342. The molecule has 18 heavy (non-hydrogen) atoms. The maximum atomic E-state index is 12.5. The topological polar surface area (TPSA) is 78.9 Å². The number of hydrogen-bond acceptors (Lipinski definition) is 3. The van der Waals surface area contributed by atoms with E-state index in [-0.39, 0.29) is 11.7 Å². The zero-order valence-corrected chi connectivity index (χ0v) is 11.1. The lowest BCUT2D eigenvalue weighted by atomic mass is 10.0. The molecule has 0 spiro atoms. The molecule has 0 heterocycles. The molecule has 102 valence electrons. The monoisotopic (exact) mass is 253 g/mol. The van der Waals surface area contributed by atoms with Crippen molar-refractivity contribution in [3.05, 3.63) is 0 Å². The highest BCUT2D eigenvalue weighted by Crippen LogP contribution is 2.47. The van der Waals surface area contributed by atoms with Crippen LogP contribution in [0.5, 0.6) is 0 Å². The molecule has 0 aliphatic heterocycles. The molecule has 0 aromatic carbocycles. The van der Waals surface area contributed by atoms with Gasteiger partial charge in [-0.1, -0.05) is 30.8 Å². The summed E-state index contributed by atoms with van der Waals surface area (Å²) in [5.74, 6) is 0.109. The highest BCUT2D eigenvalue weighted by Gasteiger charge is 2.55. The van der Waals surface area contributed by atoms with Crippen LogP contribution in [0.1, 0.15) is 51.4 Å². The first-order chi connectivity index (χ1) is 8.62. The molecule has 0 aromatic heterocycles. The number of rotatable bonds is 3. The Morgan fingerprint density at radius 1 is 1.28 bits per heavy atom. The second-order valence-corrected chi connectivity index (χ2v) is 5.63. The van der Waals surface area contributed by atoms with E-state index in [1.165, 1.54) is 25.7 Å². The maximum Gasteiger partial charge on any atom is 0.236 e. The van der Waals surface area contributed by atoms with Crippen molar-refractivity contribution in [3.8, 4) is 0 Å². The first kappa shape index (κ1) is 13.2. The van der Waals surface area contributed by atoms with Gasteiger partial charge < -0.3 is 15.8 Å². The van der Waals surface area contributed by atoms with E-state index in [1.54, 1.807) is 0 Å². The Kier molecular flexibility index (Phi) is 3.78. The summed E-state index contributed by atoms with van der Waals surface area (Å²) < 4.78 is 0. The summed E-state index contributed by atoms with van der Waals surface area (Å²) in [6.07, 6.45) is 8.49. The van der Waals surface area contributed by atoms with Gasteiger partial charge in [0.2, 0.25) is 5.91 Å². The lowest BCUT2D eigenvalue weighted by molar-refractivity contribution is -0.135. The van der Waals surface area contributed by atoms with Gasteiger partial charge in [0, 0.05) is 13.1 Å². The number of nitrogens with two attached hydrogens (primary N) is 1. The summed E-state index contributed by atoms with van der Waals surface area (Å²) in [5.41, 5.74) is 4.97. The van der Waals surface area contributed by atoms with Gasteiger partial charge in [0.05, 0.1) is 0 Å². The van der Waals surface area contributed by atoms with Crippen LogP contribution in [0.4, 0.5) is 0 Å². The molecule has 0 aromatic rings. The average molecular weight is 253 g/mol. The van der Waals surface area contributed by atoms with E-state index in [2.05, 4.69) is 5.16 Å². The van der Waals surface area contributed by atoms with Gasteiger partial charge in [-0.15, -0.1) is 0 Å². The highest BCUT2D eigenvalue weighted by atomic mass is 16.4. The van der Waals surface area contributed by atoms with Crippen molar-refractivity contribution < 1.29 is 10.0 Å². The van der Waals surface area contributed by atoms with Gasteiger partial charge in [0.1, 0.15) is 5.41 Å². The van der Waals surface area contributed by atoms with E-state index in [4.69, 9.17) is 10.9 Å². The average Bonchev–Trinajstić information content (AvgIpc) is 3.20. The molecule has 5 nitrogen and oxygen atoms in total. The van der Waals surface area contributed by atoms with Crippen LogP contribution in [-0.2, 0) is 4.79 Å². The summed E-state index contributed by atoms with van der Waals surface area (Å²) in [7, 11) is 1.86. The predicted molar refractivity (Wildman–Crippen MR) is 69.3 cm³/mol. The fourth-order valence-electron chi connectivity index (χ4n) is 2.95. The third kappa shape index (κ3) is 2.31. The van der Waals surface area contributed by atoms with Crippen molar-refractivity contribution in [2.45, 2.75) is 57.4 Å². The second-order valence-electron chi connectivity index (χ2n) is 5.63. The minimum atomic E-state index is -0.699. The minimum Gasteiger partial charge on any atom is -0.409 e. The highest BCUT2D eigenvalue weighted by molar-refractivity contribution is 6.09. The number of nitrogens with zero attached hydrogens (tertiary/aromatic N) is 2. The van der Waals surface area contributed by atoms with E-state index < -0.39 is 5.41 Å². The second kappa shape index (κ2) is 5.16. The molecule has 2 fully saturated rings. The van der Waals surface area contributed by atoms with Gasteiger partial charge in [-0.2, -0.15) is 0 Å². The first-order valence-electron chi connectivity index (χ1n) is 6.87. The van der Waals surface area contributed by atoms with E-state index >= 15 is 0 Å². The summed E-state index contributed by atoms with van der Waals surface area (Å²) >= 11 is 0. The lowest BCUT2D eigenvalue weighted by Crippen LogP contribution is -2.46. The van der Waals surface area contributed by atoms with E-state index in [9.17, 15) is 4.79 Å². The largest absolute Gasteiger partial charge is 0.409 e. The molecule has 0 atom stereocenters. The van der Waals surface area contributed by atoms with Crippen LogP contribution in [0, 0.1) is 5.41 Å². The van der Waals surface area contributed by atoms with Gasteiger partial charge in [0.15, 0.2) is 5.84 Å². The standard InChI is InChI=1S/C13H23N3O2/c1-16(10-6-4-2-3-5-7-10)12(17)13(8-9-13)11(14)15-18/h10,18H,2-9H2,1H3,(H2,14,15). The van der Waals surface area contributed by atoms with Gasteiger partial charge in [0.25, 0.3) is 0 Å². The van der Waals surface area contributed by atoms with Gasteiger partial charge in [-0.05, 0) is 25.7 Å². The number of hydrogen-bond donors (Lipinski definition) is 2. The van der Waals surface area contributed by atoms with Gasteiger partial charge in [-0.25, -0.2) is 0 Å². The Morgan fingerprint density at radius 2 is 1.83 bits per heavy atom. The third-order valence-corrected chi connectivity index (χ3v) is 4.45. The van der Waals surface area contributed by atoms with Crippen molar-refractivity contribution in [3.63, 3.8) is 0 Å². The molecule has 0 saturated heterocycles. The van der Waals surface area contributed by atoms with Crippen molar-refractivity contribution in [2.75, 3.05) is 7.05 Å². The van der Waals surface area contributed by atoms with Gasteiger partial charge >= 0.3 is 0 Å². The number of carbonyl (C=O) groups excluding carboxylic acids is 1. The predicted octanol–water partition coefficient (Wildman–Crippen LogP) is 1.69. The summed E-state index contributed by atoms with van der Waals surface area (Å²) in [6, 6.07) is 0.323. The smallest absolute Gasteiger partial charge is 0.236 e. The molecule has 1 amide bonds. The van der Waals surface area contributed by atoms with Gasteiger partial charge in [-0.3, -0.25) is 4.79 Å². The molecule has 3 N–H and O–H groups in total. The van der Waals surface area contributed by atoms with E-state index in [1.807, 2.05) is 11.9 Å². The molecule has 2 aliphatic carbocycles. The lowest BCUT2D eigenvalue weighted by Gasteiger charge is -2.30. The minimum absolute atomic E-state index is 0.0321. The van der Waals surface area contributed by atoms with Crippen LogP contribution in [0.15, 0.2) is 5.16 Å². The molecule has 2 saturated carbocycles. The Balaban J connectivity index is 2.04. The molecule has 5 heteroatoms. The zero-order valence-electron chi connectivity index (χ0n) is 11.1. The molecule has 0 bridgehead atoms. The number of carbonyl (C=O) groups is 1. The zero-order chi connectivity index (χ0) is 13.2. The van der Waals surface area contributed by atoms with Crippen molar-refractivity contribution >= 4 is 11.7 Å². The van der Waals surface area contributed by atoms with E-state index in [0.717, 1.165) is 12.8 Å².